The molecule has 0 saturated carbocycles. The molecule has 3 N–H and O–H groups in total. The van der Waals surface area contributed by atoms with Crippen molar-refractivity contribution in [3.8, 4) is 0 Å². The highest BCUT2D eigenvalue weighted by molar-refractivity contribution is 6.05. The van der Waals surface area contributed by atoms with Crippen molar-refractivity contribution in [3.63, 3.8) is 0 Å². The van der Waals surface area contributed by atoms with Crippen LogP contribution >= 0.6 is 0 Å². The third-order valence-electron chi connectivity index (χ3n) is 3.43. The van der Waals surface area contributed by atoms with Crippen LogP contribution in [0.4, 0.5) is 23.7 Å². The molecule has 0 unspecified atom stereocenters. The Labute approximate surface area is 134 Å². The standard InChI is InChI=1S/C12H13N3O2.C2HF3O2/c16-11-3-4-15(12(17)14-11)10-2-1-8-6-13-7-9(8)5-10;3-2(4,5)1(6)7/h1-2,5,13H,3-4,6-7H2,(H,14,16,17);(H,6,7). The van der Waals surface area contributed by atoms with E-state index in [2.05, 4.69) is 10.6 Å². The van der Waals surface area contributed by atoms with Gasteiger partial charge in [-0.1, -0.05) is 6.07 Å². The van der Waals surface area contributed by atoms with E-state index in [0.717, 1.165) is 18.8 Å². The minimum absolute atomic E-state index is 0.200. The summed E-state index contributed by atoms with van der Waals surface area (Å²) in [6.45, 7) is 2.19. The highest BCUT2D eigenvalue weighted by Gasteiger charge is 2.38. The molecule has 0 bridgehead atoms. The molecule has 7 nitrogen and oxygen atoms in total. The van der Waals surface area contributed by atoms with E-state index < -0.39 is 12.1 Å². The monoisotopic (exact) mass is 345 g/mol. The van der Waals surface area contributed by atoms with E-state index in [0.29, 0.717) is 13.0 Å². The largest absolute Gasteiger partial charge is 0.490 e. The van der Waals surface area contributed by atoms with Crippen molar-refractivity contribution in [2.75, 3.05) is 11.4 Å². The third kappa shape index (κ3) is 4.22. The molecule has 10 heteroatoms. The number of amides is 3. The molecule has 3 rings (SSSR count). The van der Waals surface area contributed by atoms with Crippen LogP contribution in [0, 0.1) is 0 Å². The number of aliphatic carboxylic acids is 1. The van der Waals surface area contributed by atoms with Crippen LogP contribution in [0.15, 0.2) is 18.2 Å². The molecule has 130 valence electrons. The molecular formula is C14H14F3N3O4. The number of hydrogen-bond donors (Lipinski definition) is 3. The summed E-state index contributed by atoms with van der Waals surface area (Å²) in [5.41, 5.74) is 3.37. The van der Waals surface area contributed by atoms with Gasteiger partial charge in [-0.3, -0.25) is 15.0 Å². The lowest BCUT2D eigenvalue weighted by Gasteiger charge is -2.26. The molecule has 2 aliphatic rings. The fraction of sp³-hybridized carbons (Fsp3) is 0.357. The van der Waals surface area contributed by atoms with E-state index in [1.807, 2.05) is 18.2 Å². The first-order valence-corrected chi connectivity index (χ1v) is 6.92. The second-order valence-corrected chi connectivity index (χ2v) is 5.11. The van der Waals surface area contributed by atoms with Gasteiger partial charge in [0.05, 0.1) is 0 Å². The van der Waals surface area contributed by atoms with Crippen LogP contribution in [0.1, 0.15) is 17.5 Å². The van der Waals surface area contributed by atoms with Crippen molar-refractivity contribution in [1.82, 2.24) is 10.6 Å². The molecule has 3 amide bonds. The zero-order valence-corrected chi connectivity index (χ0v) is 12.3. The quantitative estimate of drug-likeness (QED) is 0.714. The number of nitrogens with one attached hydrogen (secondary N) is 2. The summed E-state index contributed by atoms with van der Waals surface area (Å²) in [4.78, 5) is 33.3. The maximum atomic E-state index is 11.7. The first kappa shape index (κ1) is 17.7. The number of alkyl halides is 3. The van der Waals surface area contributed by atoms with Crippen molar-refractivity contribution in [2.24, 2.45) is 0 Å². The summed E-state index contributed by atoms with van der Waals surface area (Å²) < 4.78 is 31.7. The van der Waals surface area contributed by atoms with Crippen LogP contribution in [0.25, 0.3) is 0 Å². The average Bonchev–Trinajstić information content (AvgIpc) is 2.94. The zero-order valence-electron chi connectivity index (χ0n) is 12.3. The molecule has 1 fully saturated rings. The number of benzene rings is 1. The molecule has 2 heterocycles. The lowest BCUT2D eigenvalue weighted by Crippen LogP contribution is -2.49. The number of rotatable bonds is 1. The number of halogens is 3. The summed E-state index contributed by atoms with van der Waals surface area (Å²) in [7, 11) is 0. The molecule has 24 heavy (non-hydrogen) atoms. The fourth-order valence-corrected chi connectivity index (χ4v) is 2.26. The van der Waals surface area contributed by atoms with Gasteiger partial charge < -0.3 is 10.4 Å². The van der Waals surface area contributed by atoms with E-state index >= 15 is 0 Å². The zero-order chi connectivity index (χ0) is 17.9. The normalized spacial score (nSPS) is 16.9. The van der Waals surface area contributed by atoms with Crippen LogP contribution in [-0.4, -0.2) is 35.7 Å². The van der Waals surface area contributed by atoms with E-state index in [9.17, 15) is 22.8 Å². The summed E-state index contributed by atoms with van der Waals surface area (Å²) >= 11 is 0. The summed E-state index contributed by atoms with van der Waals surface area (Å²) in [5, 5.41) is 12.7. The first-order chi connectivity index (χ1) is 11.2. The summed E-state index contributed by atoms with van der Waals surface area (Å²) in [5.74, 6) is -2.96. The van der Waals surface area contributed by atoms with Crippen LogP contribution < -0.4 is 15.5 Å². The number of carbonyl (C=O) groups excluding carboxylic acids is 2. The molecule has 0 atom stereocenters. The van der Waals surface area contributed by atoms with Crippen LogP contribution in [0.2, 0.25) is 0 Å². The fourth-order valence-electron chi connectivity index (χ4n) is 2.26. The Morgan fingerprint density at radius 1 is 1.17 bits per heavy atom. The number of hydrogen-bond acceptors (Lipinski definition) is 4. The predicted octanol–water partition coefficient (Wildman–Crippen LogP) is 1.37. The number of fused-ring (bicyclic) bond motifs is 1. The van der Waals surface area contributed by atoms with E-state index in [4.69, 9.17) is 9.90 Å². The highest BCUT2D eigenvalue weighted by atomic mass is 19.4. The number of anilines is 1. The van der Waals surface area contributed by atoms with Crippen molar-refractivity contribution < 1.29 is 32.7 Å². The molecule has 0 aliphatic carbocycles. The first-order valence-electron chi connectivity index (χ1n) is 6.92. The minimum atomic E-state index is -5.08. The van der Waals surface area contributed by atoms with Gasteiger partial charge >= 0.3 is 18.2 Å². The van der Waals surface area contributed by atoms with Gasteiger partial charge in [0.25, 0.3) is 0 Å². The van der Waals surface area contributed by atoms with E-state index in [1.54, 1.807) is 4.90 Å². The minimum Gasteiger partial charge on any atom is -0.475 e. The molecule has 1 aromatic rings. The van der Waals surface area contributed by atoms with Crippen molar-refractivity contribution in [1.29, 1.82) is 0 Å². The second kappa shape index (κ2) is 6.87. The number of carboxylic acids is 1. The maximum absolute atomic E-state index is 11.7. The Morgan fingerprint density at radius 2 is 1.79 bits per heavy atom. The summed E-state index contributed by atoms with van der Waals surface area (Å²) in [6.07, 6.45) is -4.72. The number of imide groups is 1. The topological polar surface area (TPSA) is 98.7 Å². The number of nitrogens with zero attached hydrogens (tertiary/aromatic N) is 1. The molecular weight excluding hydrogens is 331 g/mol. The highest BCUT2D eigenvalue weighted by Crippen LogP contribution is 2.24. The Bertz CT molecular complexity index is 676. The smallest absolute Gasteiger partial charge is 0.475 e. The maximum Gasteiger partial charge on any atom is 0.490 e. The Balaban J connectivity index is 0.000000256. The number of carboxylic acid groups (broad SMARTS) is 1. The van der Waals surface area contributed by atoms with Gasteiger partial charge in [-0.2, -0.15) is 13.2 Å². The van der Waals surface area contributed by atoms with Crippen molar-refractivity contribution in [3.05, 3.63) is 29.3 Å². The molecule has 0 spiro atoms. The Morgan fingerprint density at radius 3 is 2.38 bits per heavy atom. The van der Waals surface area contributed by atoms with Gasteiger partial charge in [-0.05, 0) is 23.3 Å². The molecule has 2 aliphatic heterocycles. The second-order valence-electron chi connectivity index (χ2n) is 5.11. The van der Waals surface area contributed by atoms with Crippen LogP contribution in [0.3, 0.4) is 0 Å². The molecule has 1 saturated heterocycles. The lowest BCUT2D eigenvalue weighted by atomic mass is 10.1. The van der Waals surface area contributed by atoms with Crippen molar-refractivity contribution in [2.45, 2.75) is 25.7 Å². The third-order valence-corrected chi connectivity index (χ3v) is 3.43. The molecule has 0 aromatic heterocycles. The number of carbonyl (C=O) groups is 3. The van der Waals surface area contributed by atoms with E-state index in [1.165, 1.54) is 11.1 Å². The SMILES string of the molecule is O=C(O)C(F)(F)F.O=C1CCN(c2ccc3c(c2)CNC3)C(=O)N1. The Kier molecular flexibility index (Phi) is 5.07. The Hall–Kier alpha value is -2.62. The van der Waals surface area contributed by atoms with Crippen LogP contribution in [-0.2, 0) is 22.7 Å². The van der Waals surface area contributed by atoms with Gasteiger partial charge in [-0.15, -0.1) is 0 Å². The van der Waals surface area contributed by atoms with Gasteiger partial charge in [0.2, 0.25) is 5.91 Å². The average molecular weight is 345 g/mol. The molecule has 1 aromatic carbocycles. The lowest BCUT2D eigenvalue weighted by molar-refractivity contribution is -0.192. The van der Waals surface area contributed by atoms with Gasteiger partial charge in [-0.25, -0.2) is 9.59 Å². The van der Waals surface area contributed by atoms with Gasteiger partial charge in [0.15, 0.2) is 0 Å². The van der Waals surface area contributed by atoms with Crippen LogP contribution in [0.5, 0.6) is 0 Å². The number of urea groups is 1. The predicted molar refractivity (Wildman–Crippen MR) is 76.2 cm³/mol. The van der Waals surface area contributed by atoms with Gasteiger partial charge in [0.1, 0.15) is 0 Å². The van der Waals surface area contributed by atoms with Gasteiger partial charge in [0, 0.05) is 31.7 Å². The molecule has 0 radical (unpaired) electrons. The van der Waals surface area contributed by atoms with E-state index in [-0.39, 0.29) is 11.9 Å². The summed E-state index contributed by atoms with van der Waals surface area (Å²) in [6, 6.07) is 5.66. The van der Waals surface area contributed by atoms with Crippen molar-refractivity contribution >= 4 is 23.6 Å².